The minimum absolute atomic E-state index is 0.0314. The van der Waals surface area contributed by atoms with Crippen molar-refractivity contribution in [2.75, 3.05) is 0 Å². The van der Waals surface area contributed by atoms with Gasteiger partial charge < -0.3 is 0 Å². The van der Waals surface area contributed by atoms with Crippen molar-refractivity contribution < 1.29 is 17.6 Å². The Morgan fingerprint density at radius 1 is 1.07 bits per heavy atom. The molecule has 0 bridgehead atoms. The highest BCUT2D eigenvalue weighted by Gasteiger charge is 2.30. The fraction of sp³-hybridized carbons (Fsp3) is 0.143. The molecule has 0 spiro atoms. The van der Waals surface area contributed by atoms with E-state index in [4.69, 9.17) is 0 Å². The van der Waals surface area contributed by atoms with Gasteiger partial charge in [-0.2, -0.15) is 13.2 Å². The lowest BCUT2D eigenvalue weighted by molar-refractivity contribution is -0.0328. The second-order valence-corrected chi connectivity index (χ2v) is 5.68. The van der Waals surface area contributed by atoms with Crippen molar-refractivity contribution in [3.05, 3.63) is 25.1 Å². The molecule has 0 nitrogen and oxygen atoms in total. The summed E-state index contributed by atoms with van der Waals surface area (Å²) in [6.45, 7) is 0. The average Bonchev–Trinajstić information content (AvgIpc) is 1.97. The Kier molecular flexibility index (Phi) is 4.33. The van der Waals surface area contributed by atoms with E-state index in [0.717, 1.165) is 6.07 Å². The van der Waals surface area contributed by atoms with E-state index in [0.29, 0.717) is 0 Å². The van der Waals surface area contributed by atoms with Gasteiger partial charge in [0.15, 0.2) is 0 Å². The van der Waals surface area contributed by atoms with Gasteiger partial charge in [-0.05, 0) is 69.1 Å². The second-order valence-electron chi connectivity index (χ2n) is 2.24. The molecule has 7 heteroatoms. The van der Waals surface area contributed by atoms with Crippen LogP contribution in [0.25, 0.3) is 0 Å². The minimum atomic E-state index is -4.33. The molecular formula is C7H2F4I2S. The van der Waals surface area contributed by atoms with E-state index in [1.807, 2.05) is 0 Å². The molecule has 0 atom stereocenters. The first-order chi connectivity index (χ1) is 6.29. The van der Waals surface area contributed by atoms with Crippen molar-refractivity contribution in [1.29, 1.82) is 0 Å². The number of hydrogen-bond acceptors (Lipinski definition) is 1. The van der Waals surface area contributed by atoms with E-state index in [1.165, 1.54) is 6.07 Å². The van der Waals surface area contributed by atoms with Crippen molar-refractivity contribution >= 4 is 56.9 Å². The van der Waals surface area contributed by atoms with Crippen LogP contribution in [0.4, 0.5) is 17.6 Å². The molecule has 0 aliphatic carbocycles. The standard InChI is InChI=1S/C7H2F4I2S/c8-3-1-5(13)6(2-4(3)12)14-7(9,10)11/h1-2H. The van der Waals surface area contributed by atoms with Gasteiger partial charge in [-0.25, -0.2) is 4.39 Å². The normalized spacial score (nSPS) is 11.9. The van der Waals surface area contributed by atoms with Gasteiger partial charge >= 0.3 is 5.51 Å². The predicted octanol–water partition coefficient (Wildman–Crippen LogP) is 4.65. The molecule has 0 aliphatic heterocycles. The van der Waals surface area contributed by atoms with Crippen LogP contribution in [0.5, 0.6) is 0 Å². The van der Waals surface area contributed by atoms with Gasteiger partial charge in [0, 0.05) is 12.0 Å². The van der Waals surface area contributed by atoms with E-state index in [2.05, 4.69) is 0 Å². The summed E-state index contributed by atoms with van der Waals surface area (Å²) >= 11 is 3.11. The second kappa shape index (κ2) is 4.73. The van der Waals surface area contributed by atoms with Crippen LogP contribution >= 0.6 is 56.9 Å². The topological polar surface area (TPSA) is 0 Å². The highest BCUT2D eigenvalue weighted by Crippen LogP contribution is 2.39. The van der Waals surface area contributed by atoms with Gasteiger partial charge in [-0.15, -0.1) is 0 Å². The summed E-state index contributed by atoms with van der Waals surface area (Å²) in [5, 5.41) is 0. The van der Waals surface area contributed by atoms with Crippen molar-refractivity contribution in [3.8, 4) is 0 Å². The lowest BCUT2D eigenvalue weighted by Crippen LogP contribution is -2.00. The summed E-state index contributed by atoms with van der Waals surface area (Å²) < 4.78 is 49.4. The van der Waals surface area contributed by atoms with E-state index >= 15 is 0 Å². The smallest absolute Gasteiger partial charge is 0.206 e. The van der Waals surface area contributed by atoms with Crippen LogP contribution in [-0.4, -0.2) is 5.51 Å². The zero-order chi connectivity index (χ0) is 10.9. The number of hydrogen-bond donors (Lipinski definition) is 0. The molecule has 0 fully saturated rings. The molecule has 14 heavy (non-hydrogen) atoms. The third-order valence-electron chi connectivity index (χ3n) is 1.20. The largest absolute Gasteiger partial charge is 0.446 e. The summed E-state index contributed by atoms with van der Waals surface area (Å²) in [4.78, 5) is 0.0314. The fourth-order valence-corrected chi connectivity index (χ4v) is 2.73. The molecule has 0 heterocycles. The molecule has 1 rings (SSSR count). The summed E-state index contributed by atoms with van der Waals surface area (Å²) in [7, 11) is 0. The molecule has 0 saturated heterocycles. The minimum Gasteiger partial charge on any atom is -0.206 e. The number of rotatable bonds is 1. The first-order valence-electron chi connectivity index (χ1n) is 3.20. The van der Waals surface area contributed by atoms with Crippen LogP contribution in [0.15, 0.2) is 17.0 Å². The predicted molar refractivity (Wildman–Crippen MR) is 63.7 cm³/mol. The lowest BCUT2D eigenvalue weighted by atomic mass is 10.3. The number of benzene rings is 1. The van der Waals surface area contributed by atoms with Crippen molar-refractivity contribution in [3.63, 3.8) is 0 Å². The van der Waals surface area contributed by atoms with E-state index in [9.17, 15) is 17.6 Å². The van der Waals surface area contributed by atoms with Crippen LogP contribution in [-0.2, 0) is 0 Å². The average molecular weight is 448 g/mol. The number of halogens is 6. The lowest BCUT2D eigenvalue weighted by Gasteiger charge is -2.08. The van der Waals surface area contributed by atoms with Gasteiger partial charge in [-0.3, -0.25) is 0 Å². The van der Waals surface area contributed by atoms with Gasteiger partial charge in [0.2, 0.25) is 0 Å². The Labute approximate surface area is 109 Å². The van der Waals surface area contributed by atoms with Crippen LogP contribution in [0.3, 0.4) is 0 Å². The van der Waals surface area contributed by atoms with E-state index in [-0.39, 0.29) is 23.8 Å². The van der Waals surface area contributed by atoms with Crippen LogP contribution in [0, 0.1) is 13.0 Å². The molecule has 0 aliphatic rings. The fourth-order valence-electron chi connectivity index (χ4n) is 0.707. The molecule has 0 N–H and O–H groups in total. The molecule has 0 radical (unpaired) electrons. The monoisotopic (exact) mass is 448 g/mol. The van der Waals surface area contributed by atoms with E-state index in [1.54, 1.807) is 45.2 Å². The maximum absolute atomic E-state index is 12.9. The summed E-state index contributed by atoms with van der Waals surface area (Å²) in [5.41, 5.74) is -4.33. The zero-order valence-electron chi connectivity index (χ0n) is 6.33. The number of alkyl halides is 3. The SMILES string of the molecule is Fc1cc(I)c(SC(F)(F)F)cc1I. The van der Waals surface area contributed by atoms with Crippen molar-refractivity contribution in [1.82, 2.24) is 0 Å². The quantitative estimate of drug-likeness (QED) is 0.261. The molecule has 1 aromatic carbocycles. The Balaban J connectivity index is 3.04. The molecule has 0 saturated carbocycles. The molecule has 0 unspecified atom stereocenters. The van der Waals surface area contributed by atoms with E-state index < -0.39 is 11.3 Å². The summed E-state index contributed by atoms with van der Waals surface area (Å²) in [6, 6.07) is 2.28. The van der Waals surface area contributed by atoms with Gasteiger partial charge in [0.25, 0.3) is 0 Å². The number of thioether (sulfide) groups is 1. The maximum atomic E-state index is 12.9. The van der Waals surface area contributed by atoms with Crippen molar-refractivity contribution in [2.24, 2.45) is 0 Å². The third-order valence-corrected chi connectivity index (χ3v) is 4.07. The first kappa shape index (κ1) is 12.8. The Morgan fingerprint density at radius 2 is 1.64 bits per heavy atom. The van der Waals surface area contributed by atoms with Crippen LogP contribution in [0.2, 0.25) is 0 Å². The van der Waals surface area contributed by atoms with Gasteiger partial charge in [0.05, 0.1) is 0 Å². The Bertz CT molecular complexity index is 350. The molecule has 0 amide bonds. The summed E-state index contributed by atoms with van der Waals surface area (Å²) in [5.74, 6) is -0.499. The Hall–Kier alpha value is 0.750. The van der Waals surface area contributed by atoms with Crippen LogP contribution < -0.4 is 0 Å². The highest BCUT2D eigenvalue weighted by molar-refractivity contribution is 14.1. The van der Waals surface area contributed by atoms with Crippen molar-refractivity contribution in [2.45, 2.75) is 10.4 Å². The zero-order valence-corrected chi connectivity index (χ0v) is 11.5. The molecule has 78 valence electrons. The third kappa shape index (κ3) is 3.72. The van der Waals surface area contributed by atoms with Crippen LogP contribution in [0.1, 0.15) is 0 Å². The highest BCUT2D eigenvalue weighted by atomic mass is 127. The molecule has 1 aromatic rings. The van der Waals surface area contributed by atoms with Gasteiger partial charge in [0.1, 0.15) is 5.82 Å². The molecular weight excluding hydrogens is 446 g/mol. The first-order valence-corrected chi connectivity index (χ1v) is 6.17. The molecule has 0 aromatic heterocycles. The Morgan fingerprint density at radius 3 is 2.14 bits per heavy atom. The summed E-state index contributed by atoms with van der Waals surface area (Å²) in [6.07, 6.45) is 0. The maximum Gasteiger partial charge on any atom is 0.446 e. The van der Waals surface area contributed by atoms with Gasteiger partial charge in [-0.1, -0.05) is 0 Å².